The summed E-state index contributed by atoms with van der Waals surface area (Å²) >= 11 is 2.23. The van der Waals surface area contributed by atoms with E-state index in [4.69, 9.17) is 5.73 Å². The predicted molar refractivity (Wildman–Crippen MR) is 79.5 cm³/mol. The Labute approximate surface area is 121 Å². The second-order valence-corrected chi connectivity index (χ2v) is 5.28. The number of carbonyl (C=O) groups excluding carboxylic acids is 1. The van der Waals surface area contributed by atoms with Gasteiger partial charge in [-0.05, 0) is 59.7 Å². The van der Waals surface area contributed by atoms with E-state index in [0.29, 0.717) is 6.54 Å². The second kappa shape index (κ2) is 6.56. The molecule has 1 aliphatic heterocycles. The summed E-state index contributed by atoms with van der Waals surface area (Å²) in [6, 6.07) is 7.92. The van der Waals surface area contributed by atoms with Crippen LogP contribution in [0.2, 0.25) is 0 Å². The predicted octanol–water partition coefficient (Wildman–Crippen LogP) is 2.28. The average molecular weight is 367 g/mol. The Morgan fingerprint density at radius 3 is 2.65 bits per heavy atom. The summed E-state index contributed by atoms with van der Waals surface area (Å²) in [6.07, 6.45) is 2.10. The van der Waals surface area contributed by atoms with Gasteiger partial charge in [0.2, 0.25) is 0 Å². The van der Waals surface area contributed by atoms with Crippen molar-refractivity contribution < 1.29 is 4.79 Å². The highest BCUT2D eigenvalue weighted by molar-refractivity contribution is 14.1. The summed E-state index contributed by atoms with van der Waals surface area (Å²) in [4.78, 5) is 14.1. The van der Waals surface area contributed by atoms with Crippen LogP contribution in [0.1, 0.15) is 23.2 Å². The molecule has 0 saturated carbocycles. The van der Waals surface area contributed by atoms with E-state index in [-0.39, 0.29) is 24.4 Å². The van der Waals surface area contributed by atoms with E-state index in [1.54, 1.807) is 0 Å². The van der Waals surface area contributed by atoms with Gasteiger partial charge in [-0.2, -0.15) is 0 Å². The van der Waals surface area contributed by atoms with E-state index in [0.717, 1.165) is 28.5 Å². The fourth-order valence-corrected chi connectivity index (χ4v) is 2.47. The van der Waals surface area contributed by atoms with E-state index in [9.17, 15) is 4.79 Å². The number of nitrogens with zero attached hydrogens (tertiary/aromatic N) is 1. The Morgan fingerprint density at radius 1 is 1.41 bits per heavy atom. The van der Waals surface area contributed by atoms with Crippen LogP contribution in [-0.2, 0) is 0 Å². The molecule has 1 heterocycles. The minimum Gasteiger partial charge on any atom is -0.334 e. The van der Waals surface area contributed by atoms with Crippen LogP contribution in [0.3, 0.4) is 0 Å². The number of rotatable bonds is 2. The first-order valence-electron chi connectivity index (χ1n) is 5.49. The molecule has 3 nitrogen and oxygen atoms in total. The minimum atomic E-state index is 0. The van der Waals surface area contributed by atoms with E-state index < -0.39 is 0 Å². The molecule has 0 bridgehead atoms. The summed E-state index contributed by atoms with van der Waals surface area (Å²) < 4.78 is 1.14. The van der Waals surface area contributed by atoms with Crippen molar-refractivity contribution in [2.45, 2.75) is 18.9 Å². The summed E-state index contributed by atoms with van der Waals surface area (Å²) in [7, 11) is 0. The average Bonchev–Trinajstić information content (AvgIpc) is 2.77. The van der Waals surface area contributed by atoms with Gasteiger partial charge < -0.3 is 10.6 Å². The molecule has 0 spiro atoms. The third-order valence-corrected chi connectivity index (χ3v) is 3.72. The lowest BCUT2D eigenvalue weighted by molar-refractivity contribution is 0.0741. The first-order valence-corrected chi connectivity index (χ1v) is 6.57. The van der Waals surface area contributed by atoms with Crippen molar-refractivity contribution in [2.24, 2.45) is 5.73 Å². The number of nitrogens with two attached hydrogens (primary N) is 1. The first kappa shape index (κ1) is 14.7. The molecule has 0 radical (unpaired) electrons. The van der Waals surface area contributed by atoms with Gasteiger partial charge in [-0.3, -0.25) is 4.79 Å². The van der Waals surface area contributed by atoms with Gasteiger partial charge >= 0.3 is 0 Å². The van der Waals surface area contributed by atoms with E-state index in [1.165, 1.54) is 0 Å². The molecular weight excluding hydrogens is 351 g/mol. The maximum Gasteiger partial charge on any atom is 0.254 e. The van der Waals surface area contributed by atoms with Crippen molar-refractivity contribution >= 4 is 40.9 Å². The number of likely N-dealkylation sites (tertiary alicyclic amines) is 1. The lowest BCUT2D eigenvalue weighted by Crippen LogP contribution is -2.39. The van der Waals surface area contributed by atoms with Gasteiger partial charge in [0.15, 0.2) is 0 Å². The van der Waals surface area contributed by atoms with Crippen molar-refractivity contribution in [3.8, 4) is 0 Å². The molecule has 0 aliphatic carbocycles. The number of benzene rings is 1. The summed E-state index contributed by atoms with van der Waals surface area (Å²) in [5.41, 5.74) is 6.43. The van der Waals surface area contributed by atoms with Crippen LogP contribution in [0, 0.1) is 3.57 Å². The third-order valence-electron chi connectivity index (χ3n) is 3.00. The minimum absolute atomic E-state index is 0. The number of hydrogen-bond donors (Lipinski definition) is 1. The van der Waals surface area contributed by atoms with Gasteiger partial charge in [0.1, 0.15) is 0 Å². The molecule has 1 amide bonds. The second-order valence-electron chi connectivity index (χ2n) is 4.04. The van der Waals surface area contributed by atoms with Gasteiger partial charge in [-0.15, -0.1) is 12.4 Å². The largest absolute Gasteiger partial charge is 0.334 e. The molecular formula is C12H16ClIN2O. The number of hydrogen-bond acceptors (Lipinski definition) is 2. The molecule has 5 heteroatoms. The van der Waals surface area contributed by atoms with E-state index >= 15 is 0 Å². The molecule has 0 aromatic heterocycles. The van der Waals surface area contributed by atoms with Crippen molar-refractivity contribution in [3.05, 3.63) is 33.4 Å². The standard InChI is InChI=1S/C12H15IN2O.ClH/c13-10-5-3-9(4-6-10)12(16)15-7-1-2-11(15)8-14;/h3-6,11H,1-2,7-8,14H2;1H. The zero-order chi connectivity index (χ0) is 11.5. The normalized spacial score (nSPS) is 18.9. The number of carbonyl (C=O) groups is 1. The molecule has 1 aromatic rings. The molecule has 1 saturated heterocycles. The summed E-state index contributed by atoms with van der Waals surface area (Å²) in [6.45, 7) is 1.41. The van der Waals surface area contributed by atoms with Gasteiger partial charge in [0.05, 0.1) is 0 Å². The van der Waals surface area contributed by atoms with Gasteiger partial charge in [0.25, 0.3) is 5.91 Å². The van der Waals surface area contributed by atoms with Crippen molar-refractivity contribution in [1.29, 1.82) is 0 Å². The molecule has 1 aliphatic rings. The van der Waals surface area contributed by atoms with Crippen LogP contribution in [0.5, 0.6) is 0 Å². The van der Waals surface area contributed by atoms with Gasteiger partial charge in [0, 0.05) is 28.3 Å². The van der Waals surface area contributed by atoms with Crippen LogP contribution >= 0.6 is 35.0 Å². The van der Waals surface area contributed by atoms with Gasteiger partial charge in [-0.25, -0.2) is 0 Å². The lowest BCUT2D eigenvalue weighted by atomic mass is 10.1. The zero-order valence-electron chi connectivity index (χ0n) is 9.43. The molecule has 1 aromatic carbocycles. The fraction of sp³-hybridized carbons (Fsp3) is 0.417. The van der Waals surface area contributed by atoms with Crippen LogP contribution < -0.4 is 5.73 Å². The maximum atomic E-state index is 12.2. The highest BCUT2D eigenvalue weighted by Crippen LogP contribution is 2.19. The van der Waals surface area contributed by atoms with Crippen LogP contribution in [-0.4, -0.2) is 29.9 Å². The molecule has 17 heavy (non-hydrogen) atoms. The highest BCUT2D eigenvalue weighted by Gasteiger charge is 2.27. The Kier molecular flexibility index (Phi) is 5.69. The monoisotopic (exact) mass is 366 g/mol. The first-order chi connectivity index (χ1) is 7.72. The van der Waals surface area contributed by atoms with E-state index in [2.05, 4.69) is 22.6 Å². The summed E-state index contributed by atoms with van der Waals surface area (Å²) in [5, 5.41) is 0. The lowest BCUT2D eigenvalue weighted by Gasteiger charge is -2.23. The van der Waals surface area contributed by atoms with Crippen molar-refractivity contribution in [1.82, 2.24) is 4.90 Å². The highest BCUT2D eigenvalue weighted by atomic mass is 127. The van der Waals surface area contributed by atoms with E-state index in [1.807, 2.05) is 29.2 Å². The maximum absolute atomic E-state index is 12.2. The van der Waals surface area contributed by atoms with Crippen LogP contribution in [0.15, 0.2) is 24.3 Å². The molecule has 2 rings (SSSR count). The number of amides is 1. The Balaban J connectivity index is 0.00000144. The summed E-state index contributed by atoms with van der Waals surface area (Å²) in [5.74, 6) is 0.115. The molecule has 94 valence electrons. The quantitative estimate of drug-likeness (QED) is 0.816. The number of halogens is 2. The smallest absolute Gasteiger partial charge is 0.254 e. The molecule has 1 atom stereocenters. The Morgan fingerprint density at radius 2 is 2.06 bits per heavy atom. The molecule has 1 unspecified atom stereocenters. The van der Waals surface area contributed by atoms with Crippen molar-refractivity contribution in [2.75, 3.05) is 13.1 Å². The Hall–Kier alpha value is -0.330. The van der Waals surface area contributed by atoms with Gasteiger partial charge in [-0.1, -0.05) is 0 Å². The fourth-order valence-electron chi connectivity index (χ4n) is 2.11. The van der Waals surface area contributed by atoms with Crippen LogP contribution in [0.25, 0.3) is 0 Å². The van der Waals surface area contributed by atoms with Crippen molar-refractivity contribution in [3.63, 3.8) is 0 Å². The molecule has 2 N–H and O–H groups in total. The zero-order valence-corrected chi connectivity index (χ0v) is 12.4. The molecule has 1 fully saturated rings. The topological polar surface area (TPSA) is 46.3 Å². The Bertz CT molecular complexity index is 383. The third kappa shape index (κ3) is 3.33. The SMILES string of the molecule is Cl.NCC1CCCN1C(=O)c1ccc(I)cc1. The van der Waals surface area contributed by atoms with Crippen LogP contribution in [0.4, 0.5) is 0 Å².